The molecule has 6 rings (SSSR count). The van der Waals surface area contributed by atoms with Crippen LogP contribution in [-0.2, 0) is 11.8 Å². The SMILES string of the molecule is Cn1cc(/C=C2\Oc3c(ccc4c3[C@@H](c3ccc(O)cc3)CC(=O)O4)C2=O)c2ccccc21. The number of aromatic nitrogens is 1. The van der Waals surface area contributed by atoms with Crippen LogP contribution in [0, 0.1) is 0 Å². The molecule has 1 atom stereocenters. The van der Waals surface area contributed by atoms with Gasteiger partial charge in [-0.3, -0.25) is 9.59 Å². The smallest absolute Gasteiger partial charge is 0.312 e. The molecule has 1 aromatic heterocycles. The predicted octanol–water partition coefficient (Wildman–Crippen LogP) is 4.94. The van der Waals surface area contributed by atoms with Crippen molar-refractivity contribution >= 4 is 28.7 Å². The Morgan fingerprint density at radius 2 is 1.79 bits per heavy atom. The van der Waals surface area contributed by atoms with Crippen LogP contribution < -0.4 is 9.47 Å². The molecule has 0 saturated heterocycles. The van der Waals surface area contributed by atoms with Gasteiger partial charge in [-0.25, -0.2) is 0 Å². The van der Waals surface area contributed by atoms with Crippen LogP contribution in [0.15, 0.2) is 72.6 Å². The summed E-state index contributed by atoms with van der Waals surface area (Å²) in [6, 6.07) is 18.0. The number of hydrogen-bond donors (Lipinski definition) is 1. The van der Waals surface area contributed by atoms with E-state index in [1.807, 2.05) is 42.1 Å². The molecule has 33 heavy (non-hydrogen) atoms. The first-order valence-electron chi connectivity index (χ1n) is 10.6. The zero-order valence-electron chi connectivity index (χ0n) is 17.7. The van der Waals surface area contributed by atoms with E-state index in [0.29, 0.717) is 22.6 Å². The first-order valence-corrected chi connectivity index (χ1v) is 10.6. The van der Waals surface area contributed by atoms with Crippen molar-refractivity contribution in [3.63, 3.8) is 0 Å². The van der Waals surface area contributed by atoms with Gasteiger partial charge < -0.3 is 19.1 Å². The van der Waals surface area contributed by atoms with Crippen molar-refractivity contribution in [2.24, 2.45) is 7.05 Å². The van der Waals surface area contributed by atoms with E-state index in [0.717, 1.165) is 22.0 Å². The molecule has 2 aliphatic rings. The molecule has 162 valence electrons. The van der Waals surface area contributed by atoms with Gasteiger partial charge in [-0.1, -0.05) is 30.3 Å². The number of Topliss-reactive ketones (excluding diaryl/α,β-unsaturated/α-hetero) is 1. The molecule has 4 aromatic rings. The highest BCUT2D eigenvalue weighted by atomic mass is 16.5. The van der Waals surface area contributed by atoms with Gasteiger partial charge in [0.05, 0.1) is 12.0 Å². The summed E-state index contributed by atoms with van der Waals surface area (Å²) in [4.78, 5) is 25.5. The van der Waals surface area contributed by atoms with Gasteiger partial charge in [-0.2, -0.15) is 0 Å². The topological polar surface area (TPSA) is 77.8 Å². The van der Waals surface area contributed by atoms with Crippen LogP contribution in [0.2, 0.25) is 0 Å². The number of phenols is 1. The lowest BCUT2D eigenvalue weighted by atomic mass is 9.84. The van der Waals surface area contributed by atoms with Gasteiger partial charge in [-0.15, -0.1) is 0 Å². The third-order valence-electron chi connectivity index (χ3n) is 6.29. The van der Waals surface area contributed by atoms with Gasteiger partial charge in [0, 0.05) is 41.2 Å². The number of para-hydroxylation sites is 1. The summed E-state index contributed by atoms with van der Waals surface area (Å²) in [5, 5.41) is 10.7. The molecule has 0 radical (unpaired) electrons. The Bertz CT molecular complexity index is 1490. The highest BCUT2D eigenvalue weighted by molar-refractivity contribution is 6.15. The number of carbonyl (C=O) groups is 2. The van der Waals surface area contributed by atoms with Gasteiger partial charge in [-0.05, 0) is 42.0 Å². The van der Waals surface area contributed by atoms with E-state index in [4.69, 9.17) is 9.47 Å². The van der Waals surface area contributed by atoms with Crippen LogP contribution in [-0.4, -0.2) is 21.4 Å². The quantitative estimate of drug-likeness (QED) is 0.273. The van der Waals surface area contributed by atoms with Crippen molar-refractivity contribution in [1.29, 1.82) is 0 Å². The number of aromatic hydroxyl groups is 1. The van der Waals surface area contributed by atoms with Crippen molar-refractivity contribution in [2.75, 3.05) is 0 Å². The Labute approximate surface area is 189 Å². The number of carbonyl (C=O) groups excluding carboxylic acids is 2. The van der Waals surface area contributed by atoms with Gasteiger partial charge in [0.25, 0.3) is 0 Å². The van der Waals surface area contributed by atoms with Crippen molar-refractivity contribution in [3.05, 3.63) is 94.9 Å². The third kappa shape index (κ3) is 3.03. The summed E-state index contributed by atoms with van der Waals surface area (Å²) in [7, 11) is 1.96. The zero-order chi connectivity index (χ0) is 22.7. The number of aryl methyl sites for hydroxylation is 1. The molecule has 6 nitrogen and oxygen atoms in total. The number of nitrogens with zero attached hydrogens (tertiary/aromatic N) is 1. The Balaban J connectivity index is 1.47. The Morgan fingerprint density at radius 1 is 1.00 bits per heavy atom. The second-order valence-corrected chi connectivity index (χ2v) is 8.33. The summed E-state index contributed by atoms with van der Waals surface area (Å²) in [6.45, 7) is 0. The molecule has 1 N–H and O–H groups in total. The number of ether oxygens (including phenoxy) is 2. The van der Waals surface area contributed by atoms with Crippen LogP contribution in [0.3, 0.4) is 0 Å². The molecule has 0 bridgehead atoms. The molecular weight excluding hydrogens is 418 g/mol. The largest absolute Gasteiger partial charge is 0.508 e. The number of phenolic OH excluding ortho intramolecular Hbond substituents is 1. The molecule has 0 spiro atoms. The van der Waals surface area contributed by atoms with Crippen molar-refractivity contribution in [2.45, 2.75) is 12.3 Å². The highest BCUT2D eigenvalue weighted by Gasteiger charge is 2.38. The average Bonchev–Trinajstić information content (AvgIpc) is 3.30. The molecule has 3 aromatic carbocycles. The van der Waals surface area contributed by atoms with E-state index in [1.165, 1.54) is 0 Å². The number of benzene rings is 3. The van der Waals surface area contributed by atoms with Crippen molar-refractivity contribution < 1.29 is 24.2 Å². The monoisotopic (exact) mass is 437 g/mol. The minimum Gasteiger partial charge on any atom is -0.508 e. The molecule has 3 heterocycles. The molecule has 0 fully saturated rings. The van der Waals surface area contributed by atoms with Crippen LogP contribution >= 0.6 is 0 Å². The summed E-state index contributed by atoms with van der Waals surface area (Å²) >= 11 is 0. The summed E-state index contributed by atoms with van der Waals surface area (Å²) < 4.78 is 13.6. The van der Waals surface area contributed by atoms with Gasteiger partial charge in [0.15, 0.2) is 5.76 Å². The summed E-state index contributed by atoms with van der Waals surface area (Å²) in [5.74, 6) is 0.287. The van der Waals surface area contributed by atoms with E-state index in [1.54, 1.807) is 42.5 Å². The average molecular weight is 437 g/mol. The normalized spacial score (nSPS) is 18.2. The molecule has 0 unspecified atom stereocenters. The first-order chi connectivity index (χ1) is 16.0. The fourth-order valence-electron chi connectivity index (χ4n) is 4.73. The molecule has 0 saturated carbocycles. The van der Waals surface area contributed by atoms with Gasteiger partial charge in [0.1, 0.15) is 17.2 Å². The minimum absolute atomic E-state index is 0.119. The number of rotatable bonds is 2. The van der Waals surface area contributed by atoms with Crippen molar-refractivity contribution in [3.8, 4) is 17.2 Å². The number of hydrogen-bond acceptors (Lipinski definition) is 5. The van der Waals surface area contributed by atoms with Crippen LogP contribution in [0.25, 0.3) is 17.0 Å². The van der Waals surface area contributed by atoms with Crippen LogP contribution in [0.4, 0.5) is 0 Å². The maximum atomic E-state index is 13.2. The standard InChI is InChI=1S/C27H19NO5/c1-28-14-16(18-4-2-3-5-21(18)28)12-23-26(31)19-10-11-22-25(27(19)33-23)20(13-24(30)32-22)15-6-8-17(29)9-7-15/h2-12,14,20,29H,13H2,1H3/b23-12-/t20-/m1/s1. The van der Waals surface area contributed by atoms with E-state index in [9.17, 15) is 14.7 Å². The fraction of sp³-hybridized carbons (Fsp3) is 0.111. The molecule has 0 amide bonds. The van der Waals surface area contributed by atoms with E-state index in [-0.39, 0.29) is 35.6 Å². The van der Waals surface area contributed by atoms with Crippen molar-refractivity contribution in [1.82, 2.24) is 4.57 Å². The lowest BCUT2D eigenvalue weighted by Crippen LogP contribution is -2.21. The number of fused-ring (bicyclic) bond motifs is 4. The van der Waals surface area contributed by atoms with E-state index >= 15 is 0 Å². The lowest BCUT2D eigenvalue weighted by molar-refractivity contribution is -0.135. The Hall–Kier alpha value is -4.32. The molecular formula is C27H19NO5. The first kappa shape index (κ1) is 19.4. The third-order valence-corrected chi connectivity index (χ3v) is 6.29. The second kappa shape index (κ2) is 7.10. The van der Waals surface area contributed by atoms with Gasteiger partial charge in [0.2, 0.25) is 5.78 Å². The van der Waals surface area contributed by atoms with E-state index < -0.39 is 0 Å². The predicted molar refractivity (Wildman–Crippen MR) is 122 cm³/mol. The fourth-order valence-corrected chi connectivity index (χ4v) is 4.73. The molecule has 0 aliphatic carbocycles. The summed E-state index contributed by atoms with van der Waals surface area (Å²) in [6.07, 6.45) is 3.85. The summed E-state index contributed by atoms with van der Waals surface area (Å²) in [5.41, 5.74) is 3.90. The molecule has 2 aliphatic heterocycles. The van der Waals surface area contributed by atoms with Crippen LogP contribution in [0.5, 0.6) is 17.2 Å². The number of allylic oxidation sites excluding steroid dienone is 1. The zero-order valence-corrected chi connectivity index (χ0v) is 17.7. The minimum atomic E-state index is -0.351. The maximum Gasteiger partial charge on any atom is 0.312 e. The molecule has 6 heteroatoms. The number of esters is 1. The Morgan fingerprint density at radius 3 is 2.61 bits per heavy atom. The maximum absolute atomic E-state index is 13.2. The lowest BCUT2D eigenvalue weighted by Gasteiger charge is -2.26. The van der Waals surface area contributed by atoms with Crippen LogP contribution in [0.1, 0.15) is 39.4 Å². The second-order valence-electron chi connectivity index (χ2n) is 8.33. The van der Waals surface area contributed by atoms with E-state index in [2.05, 4.69) is 0 Å². The van der Waals surface area contributed by atoms with Gasteiger partial charge >= 0.3 is 5.97 Å². The number of ketones is 1. The highest BCUT2D eigenvalue weighted by Crippen LogP contribution is 2.49. The Kier molecular flexibility index (Phi) is 4.17.